The number of fused-ring (bicyclic) bond motifs is 1. The molecule has 0 saturated heterocycles. The number of ether oxygens (including phenoxy) is 1. The number of hydrogen-bond donors (Lipinski definition) is 1. The van der Waals surface area contributed by atoms with Crippen LogP contribution in [0.4, 0.5) is 0 Å². The van der Waals surface area contributed by atoms with Gasteiger partial charge in [-0.3, -0.25) is 0 Å². The zero-order valence-electron chi connectivity index (χ0n) is 17.0. The predicted molar refractivity (Wildman–Crippen MR) is 113 cm³/mol. The molecule has 0 bridgehead atoms. The van der Waals surface area contributed by atoms with Crippen LogP contribution in [-0.4, -0.2) is 32.6 Å². The number of benzene rings is 2. The third-order valence-electron chi connectivity index (χ3n) is 5.08. The topological polar surface area (TPSA) is 54.7 Å². The van der Waals surface area contributed by atoms with Gasteiger partial charge in [0.25, 0.3) is 0 Å². The first-order chi connectivity index (χ1) is 13.5. The summed E-state index contributed by atoms with van der Waals surface area (Å²) in [6.07, 6.45) is 0.911. The van der Waals surface area contributed by atoms with Gasteiger partial charge in [-0.1, -0.05) is 31.2 Å². The molecule has 3 rings (SSSR count). The Morgan fingerprint density at radius 1 is 1.11 bits per heavy atom. The molecule has 1 heterocycles. The molecule has 148 valence electrons. The van der Waals surface area contributed by atoms with Crippen LogP contribution in [-0.2, 0) is 13.0 Å². The Bertz CT molecular complexity index is 977. The molecule has 0 fully saturated rings. The second-order valence-electron chi connectivity index (χ2n) is 7.16. The SMILES string of the molecule is CCc1ccc2c(CNC[C@@H](c3ccc(OC)cc3)N(C)C)cc(=O)oc2c1. The van der Waals surface area contributed by atoms with Gasteiger partial charge in [0.15, 0.2) is 0 Å². The Labute approximate surface area is 165 Å². The summed E-state index contributed by atoms with van der Waals surface area (Å²) in [6.45, 7) is 3.45. The second-order valence-corrected chi connectivity index (χ2v) is 7.16. The van der Waals surface area contributed by atoms with Crippen molar-refractivity contribution in [1.29, 1.82) is 0 Å². The van der Waals surface area contributed by atoms with Crippen LogP contribution in [0.15, 0.2) is 57.7 Å². The Morgan fingerprint density at radius 2 is 1.86 bits per heavy atom. The number of aryl methyl sites for hydroxylation is 1. The van der Waals surface area contributed by atoms with Gasteiger partial charge in [-0.05, 0) is 55.4 Å². The van der Waals surface area contributed by atoms with E-state index in [-0.39, 0.29) is 11.7 Å². The monoisotopic (exact) mass is 380 g/mol. The highest BCUT2D eigenvalue weighted by molar-refractivity contribution is 5.80. The van der Waals surface area contributed by atoms with Crippen molar-refractivity contribution in [2.24, 2.45) is 0 Å². The Kier molecular flexibility index (Phi) is 6.49. The van der Waals surface area contributed by atoms with Gasteiger partial charge >= 0.3 is 5.63 Å². The Morgan fingerprint density at radius 3 is 2.50 bits per heavy atom. The third kappa shape index (κ3) is 4.61. The van der Waals surface area contributed by atoms with E-state index in [2.05, 4.69) is 49.4 Å². The molecular formula is C23H28N2O3. The lowest BCUT2D eigenvalue weighted by Crippen LogP contribution is -2.31. The largest absolute Gasteiger partial charge is 0.497 e. The number of nitrogens with one attached hydrogen (secondary N) is 1. The first-order valence-electron chi connectivity index (χ1n) is 9.58. The summed E-state index contributed by atoms with van der Waals surface area (Å²) in [5.74, 6) is 0.850. The summed E-state index contributed by atoms with van der Waals surface area (Å²) < 4.78 is 10.6. The van der Waals surface area contributed by atoms with E-state index in [1.165, 1.54) is 5.56 Å². The summed E-state index contributed by atoms with van der Waals surface area (Å²) >= 11 is 0. The molecule has 0 aliphatic carbocycles. The fourth-order valence-corrected chi connectivity index (χ4v) is 3.41. The molecule has 0 saturated carbocycles. The highest BCUT2D eigenvalue weighted by Crippen LogP contribution is 2.22. The second kappa shape index (κ2) is 9.04. The van der Waals surface area contributed by atoms with E-state index in [1.54, 1.807) is 13.2 Å². The van der Waals surface area contributed by atoms with Gasteiger partial charge in [-0.2, -0.15) is 0 Å². The average Bonchev–Trinajstić information content (AvgIpc) is 2.70. The van der Waals surface area contributed by atoms with Gasteiger partial charge in [-0.15, -0.1) is 0 Å². The molecule has 2 aromatic carbocycles. The van der Waals surface area contributed by atoms with E-state index in [1.807, 2.05) is 24.3 Å². The quantitative estimate of drug-likeness (QED) is 0.603. The van der Waals surface area contributed by atoms with Crippen LogP contribution in [0, 0.1) is 0 Å². The molecule has 28 heavy (non-hydrogen) atoms. The Balaban J connectivity index is 1.76. The summed E-state index contributed by atoms with van der Waals surface area (Å²) in [7, 11) is 5.80. The third-order valence-corrected chi connectivity index (χ3v) is 5.08. The maximum absolute atomic E-state index is 12.0. The van der Waals surface area contributed by atoms with Crippen molar-refractivity contribution in [1.82, 2.24) is 10.2 Å². The zero-order valence-corrected chi connectivity index (χ0v) is 17.0. The molecule has 0 aliphatic heterocycles. The van der Waals surface area contributed by atoms with E-state index in [0.29, 0.717) is 12.1 Å². The Hall–Kier alpha value is -2.63. The number of hydrogen-bond acceptors (Lipinski definition) is 5. The molecule has 0 aliphatic rings. The summed E-state index contributed by atoms with van der Waals surface area (Å²) in [4.78, 5) is 14.2. The standard InChI is InChI=1S/C23H28N2O3/c1-5-16-6-11-20-18(13-23(26)28-22(20)12-16)14-24-15-21(25(2)3)17-7-9-19(27-4)10-8-17/h6-13,21,24H,5,14-15H2,1-4H3/t21-/m0/s1. The maximum atomic E-state index is 12.0. The minimum absolute atomic E-state index is 0.212. The normalized spacial score (nSPS) is 12.5. The summed E-state index contributed by atoms with van der Waals surface area (Å²) in [6, 6.07) is 16.0. The van der Waals surface area contributed by atoms with E-state index in [4.69, 9.17) is 9.15 Å². The molecule has 1 N–H and O–H groups in total. The first kappa shape index (κ1) is 20.1. The van der Waals surface area contributed by atoms with Gasteiger partial charge in [0.1, 0.15) is 11.3 Å². The van der Waals surface area contributed by atoms with E-state index in [0.717, 1.165) is 35.2 Å². The highest BCUT2D eigenvalue weighted by Gasteiger charge is 2.14. The molecule has 0 spiro atoms. The fraction of sp³-hybridized carbons (Fsp3) is 0.348. The number of methoxy groups -OCH3 is 1. The lowest BCUT2D eigenvalue weighted by Gasteiger charge is -2.25. The van der Waals surface area contributed by atoms with Crippen LogP contribution in [0.5, 0.6) is 5.75 Å². The average molecular weight is 380 g/mol. The zero-order chi connectivity index (χ0) is 20.1. The molecule has 3 aromatic rings. The van der Waals surface area contributed by atoms with Crippen LogP contribution in [0.3, 0.4) is 0 Å². The van der Waals surface area contributed by atoms with Gasteiger partial charge < -0.3 is 19.4 Å². The maximum Gasteiger partial charge on any atom is 0.336 e. The van der Waals surface area contributed by atoms with Crippen molar-refractivity contribution in [2.45, 2.75) is 25.9 Å². The lowest BCUT2D eigenvalue weighted by atomic mass is 10.0. The minimum atomic E-state index is -0.308. The number of nitrogens with zero attached hydrogens (tertiary/aromatic N) is 1. The molecule has 5 heteroatoms. The predicted octanol–water partition coefficient (Wildman–Crippen LogP) is 3.76. The van der Waals surface area contributed by atoms with Gasteiger partial charge in [0.2, 0.25) is 0 Å². The minimum Gasteiger partial charge on any atom is -0.497 e. The smallest absolute Gasteiger partial charge is 0.336 e. The number of likely N-dealkylation sites (N-methyl/N-ethyl adjacent to an activating group) is 1. The molecular weight excluding hydrogens is 352 g/mol. The van der Waals surface area contributed by atoms with E-state index < -0.39 is 0 Å². The molecule has 5 nitrogen and oxygen atoms in total. The van der Waals surface area contributed by atoms with Gasteiger partial charge in [0.05, 0.1) is 7.11 Å². The summed E-state index contributed by atoms with van der Waals surface area (Å²) in [5.41, 5.74) is 3.68. The van der Waals surface area contributed by atoms with E-state index in [9.17, 15) is 4.79 Å². The molecule has 1 atom stereocenters. The fourth-order valence-electron chi connectivity index (χ4n) is 3.41. The van der Waals surface area contributed by atoms with Crippen molar-refractivity contribution < 1.29 is 9.15 Å². The molecule has 0 unspecified atom stereocenters. The molecule has 0 radical (unpaired) electrons. The van der Waals surface area contributed by atoms with Crippen LogP contribution < -0.4 is 15.7 Å². The van der Waals surface area contributed by atoms with Crippen molar-refractivity contribution in [3.63, 3.8) is 0 Å². The van der Waals surface area contributed by atoms with Crippen molar-refractivity contribution in [3.8, 4) is 5.75 Å². The van der Waals surface area contributed by atoms with Crippen LogP contribution >= 0.6 is 0 Å². The van der Waals surface area contributed by atoms with Gasteiger partial charge in [-0.25, -0.2) is 4.79 Å². The van der Waals surface area contributed by atoms with Crippen molar-refractivity contribution in [3.05, 3.63) is 75.6 Å². The van der Waals surface area contributed by atoms with Crippen LogP contribution in [0.2, 0.25) is 0 Å². The van der Waals surface area contributed by atoms with E-state index >= 15 is 0 Å². The van der Waals surface area contributed by atoms with Crippen molar-refractivity contribution in [2.75, 3.05) is 27.7 Å². The lowest BCUT2D eigenvalue weighted by molar-refractivity contribution is 0.288. The highest BCUT2D eigenvalue weighted by atomic mass is 16.5. The van der Waals surface area contributed by atoms with Crippen LogP contribution in [0.1, 0.15) is 29.7 Å². The van der Waals surface area contributed by atoms with Gasteiger partial charge in [0, 0.05) is 30.6 Å². The van der Waals surface area contributed by atoms with Crippen molar-refractivity contribution >= 4 is 11.0 Å². The number of rotatable bonds is 8. The molecule has 1 aromatic heterocycles. The summed E-state index contributed by atoms with van der Waals surface area (Å²) in [5, 5.41) is 4.49. The first-order valence-corrected chi connectivity index (χ1v) is 9.58. The molecule has 0 amide bonds. The van der Waals surface area contributed by atoms with Crippen LogP contribution in [0.25, 0.3) is 11.0 Å².